The van der Waals surface area contributed by atoms with E-state index in [-0.39, 0.29) is 23.7 Å². The third kappa shape index (κ3) is 6.85. The van der Waals surface area contributed by atoms with E-state index in [1.54, 1.807) is 30.5 Å². The van der Waals surface area contributed by atoms with Gasteiger partial charge in [0.2, 0.25) is 6.41 Å². The molecule has 2 aliphatic rings. The molecule has 2 aromatic rings. The Hall–Kier alpha value is -2.28. The number of nitrogens with one attached hydrogen (secondary N) is 1. The van der Waals surface area contributed by atoms with Crippen molar-refractivity contribution in [3.05, 3.63) is 36.0 Å². The van der Waals surface area contributed by atoms with Gasteiger partial charge in [-0.3, -0.25) is 9.00 Å². The summed E-state index contributed by atoms with van der Waals surface area (Å²) >= 11 is 2.81. The number of oxime groups is 1. The first-order valence-corrected chi connectivity index (χ1v) is 13.4. The number of carbonyl (C=O) groups excluding carboxylic acids is 2. The van der Waals surface area contributed by atoms with Crippen LogP contribution in [-0.4, -0.2) is 64.2 Å². The van der Waals surface area contributed by atoms with E-state index in [0.717, 1.165) is 21.9 Å². The molecule has 2 fully saturated rings. The number of hydrogen-bond acceptors (Lipinski definition) is 10. The van der Waals surface area contributed by atoms with Crippen LogP contribution in [0.5, 0.6) is 0 Å². The standard InChI is InChI=1S/C21H23N3O6S3/c25-13-23-21-22-11-18(32-21)31-10-9-29-20(26)19(24-30-15-7-8-28-12-15)14-1-3-16(4-2-14)33(27)17-5-6-17/h1-4,11,13,15,17H,5-10,12H2,(H,22,23,25)/b24-19+. The highest BCUT2D eigenvalue weighted by Gasteiger charge is 2.29. The minimum Gasteiger partial charge on any atom is -0.460 e. The van der Waals surface area contributed by atoms with Gasteiger partial charge in [0, 0.05) is 27.9 Å². The number of aromatic nitrogens is 1. The van der Waals surface area contributed by atoms with E-state index < -0.39 is 16.8 Å². The Labute approximate surface area is 201 Å². The molecule has 1 saturated heterocycles. The van der Waals surface area contributed by atoms with Gasteiger partial charge in [-0.25, -0.2) is 9.78 Å². The van der Waals surface area contributed by atoms with Crippen LogP contribution in [0.2, 0.25) is 0 Å². The summed E-state index contributed by atoms with van der Waals surface area (Å²) in [5.41, 5.74) is 0.598. The second-order valence-corrected chi connectivity index (χ2v) is 11.4. The van der Waals surface area contributed by atoms with E-state index in [1.807, 2.05) is 0 Å². The van der Waals surface area contributed by atoms with E-state index in [9.17, 15) is 13.8 Å². The molecule has 0 bridgehead atoms. The van der Waals surface area contributed by atoms with Gasteiger partial charge in [-0.05, 0) is 25.0 Å². The van der Waals surface area contributed by atoms with Crippen molar-refractivity contribution < 1.29 is 28.1 Å². The Kier molecular flexibility index (Phi) is 8.48. The second kappa shape index (κ2) is 11.7. The van der Waals surface area contributed by atoms with Crippen LogP contribution in [0.3, 0.4) is 0 Å². The smallest absolute Gasteiger partial charge is 0.361 e. The lowest BCUT2D eigenvalue weighted by Gasteiger charge is -2.10. The van der Waals surface area contributed by atoms with Crippen LogP contribution in [0.15, 0.2) is 44.7 Å². The molecule has 2 atom stereocenters. The molecule has 1 aliphatic heterocycles. The molecule has 1 saturated carbocycles. The lowest BCUT2D eigenvalue weighted by molar-refractivity contribution is -0.135. The summed E-state index contributed by atoms with van der Waals surface area (Å²) in [6.07, 6.45) is 4.70. The van der Waals surface area contributed by atoms with Crippen molar-refractivity contribution in [3.63, 3.8) is 0 Å². The summed E-state index contributed by atoms with van der Waals surface area (Å²) in [6, 6.07) is 6.96. The van der Waals surface area contributed by atoms with Crippen molar-refractivity contribution in [3.8, 4) is 0 Å². The number of thiazole rings is 1. The predicted octanol–water partition coefficient (Wildman–Crippen LogP) is 2.83. The number of ether oxygens (including phenoxy) is 2. The fraction of sp³-hybridized carbons (Fsp3) is 0.429. The molecule has 176 valence electrons. The van der Waals surface area contributed by atoms with Crippen molar-refractivity contribution in [1.29, 1.82) is 0 Å². The summed E-state index contributed by atoms with van der Waals surface area (Å²) in [5.74, 6) is -0.0866. The number of anilines is 1. The molecule has 2 heterocycles. The van der Waals surface area contributed by atoms with E-state index in [1.165, 1.54) is 23.1 Å². The zero-order chi connectivity index (χ0) is 23.0. The molecular formula is C21H23N3O6S3. The van der Waals surface area contributed by atoms with Gasteiger partial charge in [-0.15, -0.1) is 11.8 Å². The maximum atomic E-state index is 12.8. The molecule has 2 unspecified atom stereocenters. The molecule has 12 heteroatoms. The van der Waals surface area contributed by atoms with Gasteiger partial charge in [0.1, 0.15) is 6.61 Å². The summed E-state index contributed by atoms with van der Waals surface area (Å²) in [7, 11) is -1.02. The van der Waals surface area contributed by atoms with Crippen molar-refractivity contribution in [2.45, 2.75) is 39.7 Å². The summed E-state index contributed by atoms with van der Waals surface area (Å²) in [4.78, 5) is 33.6. The number of rotatable bonds is 12. The van der Waals surface area contributed by atoms with Gasteiger partial charge >= 0.3 is 5.97 Å². The molecule has 1 amide bonds. The van der Waals surface area contributed by atoms with Gasteiger partial charge in [0.15, 0.2) is 16.9 Å². The van der Waals surface area contributed by atoms with E-state index >= 15 is 0 Å². The Morgan fingerprint density at radius 1 is 1.33 bits per heavy atom. The van der Waals surface area contributed by atoms with Crippen LogP contribution in [0.1, 0.15) is 24.8 Å². The van der Waals surface area contributed by atoms with Gasteiger partial charge in [-0.1, -0.05) is 28.6 Å². The predicted molar refractivity (Wildman–Crippen MR) is 126 cm³/mol. The van der Waals surface area contributed by atoms with Crippen LogP contribution in [-0.2, 0) is 34.7 Å². The average Bonchev–Trinajstić information content (AvgIpc) is 3.36. The third-order valence-electron chi connectivity index (χ3n) is 4.79. The molecule has 33 heavy (non-hydrogen) atoms. The fourth-order valence-electron chi connectivity index (χ4n) is 2.94. The lowest BCUT2D eigenvalue weighted by Crippen LogP contribution is -2.22. The van der Waals surface area contributed by atoms with E-state index in [2.05, 4.69) is 15.5 Å². The monoisotopic (exact) mass is 509 g/mol. The molecule has 4 rings (SSSR count). The maximum absolute atomic E-state index is 12.8. The summed E-state index contributed by atoms with van der Waals surface area (Å²) in [5, 5.41) is 7.34. The molecule has 1 aliphatic carbocycles. The van der Waals surface area contributed by atoms with Crippen molar-refractivity contribution in [1.82, 2.24) is 4.98 Å². The Morgan fingerprint density at radius 3 is 2.85 bits per heavy atom. The molecule has 1 aromatic heterocycles. The Morgan fingerprint density at radius 2 is 2.15 bits per heavy atom. The van der Waals surface area contributed by atoms with Crippen molar-refractivity contribution in [2.24, 2.45) is 5.16 Å². The molecule has 1 aromatic carbocycles. The summed E-state index contributed by atoms with van der Waals surface area (Å²) in [6.45, 7) is 1.19. The first-order chi connectivity index (χ1) is 16.1. The number of thioether (sulfide) groups is 1. The minimum atomic E-state index is -1.02. The topological polar surface area (TPSA) is 116 Å². The van der Waals surface area contributed by atoms with Gasteiger partial charge in [-0.2, -0.15) is 0 Å². The number of nitrogens with zero attached hydrogens (tertiary/aromatic N) is 2. The van der Waals surface area contributed by atoms with Crippen molar-refractivity contribution in [2.75, 3.05) is 30.9 Å². The normalized spacial score (nSPS) is 19.2. The zero-order valence-corrected chi connectivity index (χ0v) is 20.1. The highest BCUT2D eigenvalue weighted by molar-refractivity contribution is 8.01. The van der Waals surface area contributed by atoms with Crippen LogP contribution >= 0.6 is 23.1 Å². The number of carbonyl (C=O) groups is 2. The Balaban J connectivity index is 1.36. The van der Waals surface area contributed by atoms with Crippen LogP contribution in [0.25, 0.3) is 0 Å². The van der Waals surface area contributed by atoms with Crippen LogP contribution in [0, 0.1) is 0 Å². The number of hydrogen-bond donors (Lipinski definition) is 1. The van der Waals surface area contributed by atoms with Gasteiger partial charge in [0.05, 0.1) is 34.4 Å². The maximum Gasteiger partial charge on any atom is 0.361 e. The van der Waals surface area contributed by atoms with Crippen LogP contribution < -0.4 is 5.32 Å². The SMILES string of the molecule is O=CNc1ncc(SCCOC(=O)/C(=N/OC2CCOC2)c2ccc(S(=O)C3CC3)cc2)s1. The number of amides is 1. The van der Waals surface area contributed by atoms with Crippen molar-refractivity contribution >= 4 is 57.1 Å². The third-order valence-corrected chi connectivity index (χ3v) is 8.69. The van der Waals surface area contributed by atoms with Gasteiger partial charge < -0.3 is 19.6 Å². The highest BCUT2D eigenvalue weighted by atomic mass is 32.2. The highest BCUT2D eigenvalue weighted by Crippen LogP contribution is 2.30. The first kappa shape index (κ1) is 23.9. The minimum absolute atomic E-state index is 0.0610. The summed E-state index contributed by atoms with van der Waals surface area (Å²) < 4.78 is 24.0. The molecule has 1 N–H and O–H groups in total. The second-order valence-electron chi connectivity index (χ2n) is 7.28. The van der Waals surface area contributed by atoms with E-state index in [0.29, 0.717) is 42.5 Å². The number of esters is 1. The molecule has 0 radical (unpaired) electrons. The first-order valence-electron chi connectivity index (χ1n) is 10.4. The molecule has 0 spiro atoms. The largest absolute Gasteiger partial charge is 0.460 e. The quantitative estimate of drug-likeness (QED) is 0.116. The lowest BCUT2D eigenvalue weighted by atomic mass is 10.1. The number of benzene rings is 1. The molecule has 9 nitrogen and oxygen atoms in total. The van der Waals surface area contributed by atoms with Crippen LogP contribution in [0.4, 0.5) is 5.13 Å². The van der Waals surface area contributed by atoms with Gasteiger partial charge in [0.25, 0.3) is 0 Å². The molecular weight excluding hydrogens is 486 g/mol. The average molecular weight is 510 g/mol. The zero-order valence-electron chi connectivity index (χ0n) is 17.6. The van der Waals surface area contributed by atoms with E-state index in [4.69, 9.17) is 14.3 Å². The fourth-order valence-corrected chi connectivity index (χ4v) is 6.02. The Bertz CT molecular complexity index is 1020.